The van der Waals surface area contributed by atoms with Crippen LogP contribution in [0.4, 0.5) is 11.8 Å². The average Bonchev–Trinajstić information content (AvgIpc) is 2.67. The number of nitrogens with one attached hydrogen (secondary N) is 1. The Morgan fingerprint density at radius 1 is 1.28 bits per heavy atom. The molecule has 1 aliphatic heterocycles. The lowest BCUT2D eigenvalue weighted by atomic mass is 9.94. The third-order valence-corrected chi connectivity index (χ3v) is 4.47. The number of pyridine rings is 1. The second-order valence-electron chi connectivity index (χ2n) is 6.41. The van der Waals surface area contributed by atoms with E-state index in [1.807, 2.05) is 37.2 Å². The Bertz CT molecular complexity index is 734. The SMILES string of the molecule is CNC(=O)c1ccc([C@@H]2CCCN(c3ncccn3)C2)nc1N(C)C. The summed E-state index contributed by atoms with van der Waals surface area (Å²) in [6.45, 7) is 1.79. The summed E-state index contributed by atoms with van der Waals surface area (Å²) < 4.78 is 0. The van der Waals surface area contributed by atoms with Crippen molar-refractivity contribution in [1.29, 1.82) is 0 Å². The van der Waals surface area contributed by atoms with Crippen LogP contribution in [-0.4, -0.2) is 55.1 Å². The molecule has 0 radical (unpaired) electrons. The van der Waals surface area contributed by atoms with Crippen LogP contribution in [0.2, 0.25) is 0 Å². The van der Waals surface area contributed by atoms with Crippen LogP contribution in [0.3, 0.4) is 0 Å². The van der Waals surface area contributed by atoms with Crippen molar-refractivity contribution >= 4 is 17.7 Å². The molecule has 3 heterocycles. The first-order valence-corrected chi connectivity index (χ1v) is 8.52. The Morgan fingerprint density at radius 3 is 2.72 bits per heavy atom. The van der Waals surface area contributed by atoms with Crippen LogP contribution in [0.25, 0.3) is 0 Å². The molecule has 1 saturated heterocycles. The van der Waals surface area contributed by atoms with Crippen molar-refractivity contribution in [2.45, 2.75) is 18.8 Å². The van der Waals surface area contributed by atoms with E-state index in [0.29, 0.717) is 17.3 Å². The summed E-state index contributed by atoms with van der Waals surface area (Å²) in [7, 11) is 5.45. The van der Waals surface area contributed by atoms with Gasteiger partial charge in [0, 0.05) is 58.2 Å². The number of rotatable bonds is 4. The van der Waals surface area contributed by atoms with Gasteiger partial charge in [-0.2, -0.15) is 0 Å². The predicted molar refractivity (Wildman–Crippen MR) is 98.2 cm³/mol. The molecule has 1 fully saturated rings. The lowest BCUT2D eigenvalue weighted by Crippen LogP contribution is -2.36. The van der Waals surface area contributed by atoms with Gasteiger partial charge in [0.2, 0.25) is 5.95 Å². The summed E-state index contributed by atoms with van der Waals surface area (Å²) in [6.07, 6.45) is 5.68. The largest absolute Gasteiger partial charge is 0.362 e. The maximum atomic E-state index is 12.1. The Hall–Kier alpha value is -2.70. The predicted octanol–water partition coefficient (Wildman–Crippen LogP) is 1.68. The van der Waals surface area contributed by atoms with Gasteiger partial charge in [0.25, 0.3) is 5.91 Å². The summed E-state index contributed by atoms with van der Waals surface area (Å²) >= 11 is 0. The van der Waals surface area contributed by atoms with E-state index in [1.54, 1.807) is 19.4 Å². The van der Waals surface area contributed by atoms with Crippen molar-refractivity contribution in [2.24, 2.45) is 0 Å². The molecule has 0 aliphatic carbocycles. The molecule has 1 amide bonds. The summed E-state index contributed by atoms with van der Waals surface area (Å²) in [6, 6.07) is 5.67. The van der Waals surface area contributed by atoms with Crippen LogP contribution in [0.5, 0.6) is 0 Å². The number of aromatic nitrogens is 3. The van der Waals surface area contributed by atoms with E-state index in [1.165, 1.54) is 0 Å². The van der Waals surface area contributed by atoms with Crippen LogP contribution in [0.15, 0.2) is 30.6 Å². The van der Waals surface area contributed by atoms with Crippen LogP contribution >= 0.6 is 0 Å². The number of anilines is 2. The minimum Gasteiger partial charge on any atom is -0.362 e. The molecule has 1 atom stereocenters. The highest BCUT2D eigenvalue weighted by molar-refractivity contribution is 5.98. The molecule has 2 aromatic heterocycles. The van der Waals surface area contributed by atoms with Crippen molar-refractivity contribution in [3.05, 3.63) is 41.9 Å². The molecule has 7 heteroatoms. The quantitative estimate of drug-likeness (QED) is 0.913. The fraction of sp³-hybridized carbons (Fsp3) is 0.444. The van der Waals surface area contributed by atoms with Crippen molar-refractivity contribution in [3.8, 4) is 0 Å². The van der Waals surface area contributed by atoms with Gasteiger partial charge < -0.3 is 15.1 Å². The lowest BCUT2D eigenvalue weighted by Gasteiger charge is -2.32. The Morgan fingerprint density at radius 2 is 2.04 bits per heavy atom. The first-order chi connectivity index (χ1) is 12.1. The van der Waals surface area contributed by atoms with E-state index in [0.717, 1.165) is 37.6 Å². The van der Waals surface area contributed by atoms with Crippen LogP contribution < -0.4 is 15.1 Å². The molecule has 0 unspecified atom stereocenters. The van der Waals surface area contributed by atoms with Crippen molar-refractivity contribution in [2.75, 3.05) is 44.0 Å². The smallest absolute Gasteiger partial charge is 0.254 e. The fourth-order valence-electron chi connectivity index (χ4n) is 3.20. The highest BCUT2D eigenvalue weighted by Crippen LogP contribution is 2.29. The molecule has 1 aliphatic rings. The van der Waals surface area contributed by atoms with Gasteiger partial charge in [0.15, 0.2) is 0 Å². The molecule has 1 N–H and O–H groups in total. The Balaban J connectivity index is 1.86. The lowest BCUT2D eigenvalue weighted by molar-refractivity contribution is 0.0963. The third kappa shape index (κ3) is 3.70. The zero-order chi connectivity index (χ0) is 17.8. The Kier molecular flexibility index (Phi) is 5.11. The van der Waals surface area contributed by atoms with Gasteiger partial charge in [-0.3, -0.25) is 4.79 Å². The molecule has 3 rings (SSSR count). The van der Waals surface area contributed by atoms with Gasteiger partial charge >= 0.3 is 0 Å². The number of carbonyl (C=O) groups is 1. The van der Waals surface area contributed by atoms with Gasteiger partial charge in [-0.05, 0) is 31.0 Å². The molecule has 0 bridgehead atoms. The molecule has 132 valence electrons. The maximum Gasteiger partial charge on any atom is 0.254 e. The summed E-state index contributed by atoms with van der Waals surface area (Å²) in [5, 5.41) is 2.67. The van der Waals surface area contributed by atoms with E-state index in [2.05, 4.69) is 20.2 Å². The molecule has 0 spiro atoms. The molecule has 25 heavy (non-hydrogen) atoms. The van der Waals surface area contributed by atoms with E-state index in [9.17, 15) is 4.79 Å². The number of nitrogens with zero attached hydrogens (tertiary/aromatic N) is 5. The van der Waals surface area contributed by atoms with Crippen molar-refractivity contribution < 1.29 is 4.79 Å². The molecular formula is C18H24N6O. The first kappa shape index (κ1) is 17.1. The molecule has 0 aromatic carbocycles. The highest BCUT2D eigenvalue weighted by Gasteiger charge is 2.25. The average molecular weight is 340 g/mol. The van der Waals surface area contributed by atoms with Crippen molar-refractivity contribution in [1.82, 2.24) is 20.3 Å². The maximum absolute atomic E-state index is 12.1. The second-order valence-corrected chi connectivity index (χ2v) is 6.41. The first-order valence-electron chi connectivity index (χ1n) is 8.52. The molecule has 2 aromatic rings. The van der Waals surface area contributed by atoms with Gasteiger partial charge in [0.05, 0.1) is 5.56 Å². The number of hydrogen-bond donors (Lipinski definition) is 1. The minimum absolute atomic E-state index is 0.120. The van der Waals surface area contributed by atoms with Crippen LogP contribution in [-0.2, 0) is 0 Å². The third-order valence-electron chi connectivity index (χ3n) is 4.47. The highest BCUT2D eigenvalue weighted by atomic mass is 16.1. The number of amides is 1. The van der Waals surface area contributed by atoms with E-state index >= 15 is 0 Å². The zero-order valence-electron chi connectivity index (χ0n) is 14.9. The summed E-state index contributed by atoms with van der Waals surface area (Å²) in [5.74, 6) is 1.65. The van der Waals surface area contributed by atoms with E-state index < -0.39 is 0 Å². The zero-order valence-corrected chi connectivity index (χ0v) is 14.9. The monoisotopic (exact) mass is 340 g/mol. The minimum atomic E-state index is -0.120. The van der Waals surface area contributed by atoms with Gasteiger partial charge in [-0.25, -0.2) is 15.0 Å². The second kappa shape index (κ2) is 7.46. The van der Waals surface area contributed by atoms with Gasteiger partial charge in [-0.15, -0.1) is 0 Å². The van der Waals surface area contributed by atoms with E-state index in [4.69, 9.17) is 4.98 Å². The fourth-order valence-corrected chi connectivity index (χ4v) is 3.20. The normalized spacial score (nSPS) is 17.2. The molecular weight excluding hydrogens is 316 g/mol. The number of carbonyl (C=O) groups excluding carboxylic acids is 1. The van der Waals surface area contributed by atoms with Crippen molar-refractivity contribution in [3.63, 3.8) is 0 Å². The van der Waals surface area contributed by atoms with Gasteiger partial charge in [-0.1, -0.05) is 0 Å². The van der Waals surface area contributed by atoms with E-state index in [-0.39, 0.29) is 5.91 Å². The standard InChI is InChI=1S/C18H24N6O/c1-19-17(25)14-7-8-15(22-16(14)23(2)3)13-6-4-11-24(12-13)18-20-9-5-10-21-18/h5,7-10,13H,4,6,11-12H2,1-3H3,(H,19,25)/t13-/m1/s1. The van der Waals surface area contributed by atoms with Gasteiger partial charge in [0.1, 0.15) is 5.82 Å². The number of hydrogen-bond acceptors (Lipinski definition) is 6. The van der Waals surface area contributed by atoms with Crippen LogP contribution in [0, 0.1) is 0 Å². The molecule has 7 nitrogen and oxygen atoms in total. The Labute approximate surface area is 148 Å². The topological polar surface area (TPSA) is 74.2 Å². The number of piperidine rings is 1. The summed E-state index contributed by atoms with van der Waals surface area (Å²) in [5.41, 5.74) is 1.60. The molecule has 0 saturated carbocycles. The summed E-state index contributed by atoms with van der Waals surface area (Å²) in [4.78, 5) is 29.7. The van der Waals surface area contributed by atoms with Crippen LogP contribution in [0.1, 0.15) is 34.8 Å².